The summed E-state index contributed by atoms with van der Waals surface area (Å²) in [5, 5.41) is 2.06. The van der Waals surface area contributed by atoms with Gasteiger partial charge < -0.3 is 14.2 Å². The molecular formula is C37H37ClO3S. The van der Waals surface area contributed by atoms with Gasteiger partial charge in [0.2, 0.25) is 0 Å². The number of rotatable bonds is 10. The van der Waals surface area contributed by atoms with Gasteiger partial charge in [-0.15, -0.1) is 11.3 Å². The largest absolute Gasteiger partial charge is 0.371 e. The molecule has 2 heterocycles. The van der Waals surface area contributed by atoms with Crippen molar-refractivity contribution >= 4 is 33.0 Å². The monoisotopic (exact) mass is 596 g/mol. The summed E-state index contributed by atoms with van der Waals surface area (Å²) < 4.78 is 21.5. The van der Waals surface area contributed by atoms with Crippen molar-refractivity contribution < 1.29 is 14.2 Å². The molecule has 0 amide bonds. The highest BCUT2D eigenvalue weighted by molar-refractivity contribution is 7.19. The van der Waals surface area contributed by atoms with Crippen molar-refractivity contribution in [2.75, 3.05) is 0 Å². The smallest absolute Gasteiger partial charge is 0.114 e. The molecule has 1 aliphatic heterocycles. The normalized spacial score (nSPS) is 20.6. The number of aryl methyl sites for hydroxylation is 1. The van der Waals surface area contributed by atoms with Crippen LogP contribution < -0.4 is 0 Å². The number of hydrogen-bond donors (Lipinski definition) is 0. The number of fused-ring (bicyclic) bond motifs is 1. The molecule has 0 aliphatic carbocycles. The van der Waals surface area contributed by atoms with Crippen LogP contribution >= 0.6 is 22.9 Å². The fourth-order valence-corrected chi connectivity index (χ4v) is 7.21. The number of hydrogen-bond acceptors (Lipinski definition) is 4. The minimum atomic E-state index is -0.272. The van der Waals surface area contributed by atoms with Crippen LogP contribution in [-0.2, 0) is 33.8 Å². The van der Waals surface area contributed by atoms with E-state index < -0.39 is 0 Å². The predicted octanol–water partition coefficient (Wildman–Crippen LogP) is 9.86. The average molecular weight is 597 g/mol. The van der Waals surface area contributed by atoms with E-state index in [1.807, 2.05) is 35.6 Å². The lowest BCUT2D eigenvalue weighted by molar-refractivity contribution is -0.211. The fourth-order valence-electron chi connectivity index (χ4n) is 5.83. The molecule has 1 unspecified atom stereocenters. The summed E-state index contributed by atoms with van der Waals surface area (Å²) in [6, 6.07) is 35.8. The second kappa shape index (κ2) is 13.5. The van der Waals surface area contributed by atoms with Gasteiger partial charge in [0.15, 0.2) is 0 Å². The number of thiophene rings is 1. The van der Waals surface area contributed by atoms with Gasteiger partial charge in [-0.3, -0.25) is 0 Å². The topological polar surface area (TPSA) is 27.7 Å². The van der Waals surface area contributed by atoms with E-state index in [9.17, 15) is 0 Å². The van der Waals surface area contributed by atoms with Crippen LogP contribution in [0, 0.1) is 6.92 Å². The Hall–Kier alpha value is -2.99. The lowest BCUT2D eigenvalue weighted by Crippen LogP contribution is -2.46. The molecule has 5 aromatic rings. The minimum absolute atomic E-state index is 0.0773. The Morgan fingerprint density at radius 3 is 2.19 bits per heavy atom. The highest BCUT2D eigenvalue weighted by Crippen LogP contribution is 2.40. The van der Waals surface area contributed by atoms with Gasteiger partial charge in [-0.05, 0) is 64.7 Å². The summed E-state index contributed by atoms with van der Waals surface area (Å²) in [4.78, 5) is 1.30. The molecule has 0 radical (unpaired) electrons. The van der Waals surface area contributed by atoms with Crippen molar-refractivity contribution in [3.05, 3.63) is 141 Å². The standard InChI is InChI=1S/C37H37ClO3S/c1-3-30-22-34(39-23-26-12-6-4-7-13-26)37(40-24-27-14-8-5-9-15-27)36(41-30)32-21-29(33(38)18-25(32)2)20-31-19-28-16-10-11-17-35(28)42-31/h4-19,21,30,34,36-37H,3,20,22-24H2,1-2H3/t30-,34+,36?,37-/m1/s1. The quantitative estimate of drug-likeness (QED) is 0.161. The van der Waals surface area contributed by atoms with Crippen LogP contribution in [0.4, 0.5) is 0 Å². The van der Waals surface area contributed by atoms with E-state index >= 15 is 0 Å². The lowest BCUT2D eigenvalue weighted by atomic mass is 9.88. The van der Waals surface area contributed by atoms with Gasteiger partial charge in [-0.2, -0.15) is 0 Å². The second-order valence-corrected chi connectivity index (χ2v) is 12.7. The van der Waals surface area contributed by atoms with Gasteiger partial charge in [0.1, 0.15) is 12.2 Å². The first-order valence-corrected chi connectivity index (χ1v) is 16.0. The lowest BCUT2D eigenvalue weighted by Gasteiger charge is -2.42. The Labute approximate surface area is 258 Å². The summed E-state index contributed by atoms with van der Waals surface area (Å²) in [6.45, 7) is 5.34. The SMILES string of the molecule is CC[C@@H]1C[C@H](OCc2ccccc2)[C@@H](OCc2ccccc2)C(c2cc(Cc3cc4ccccc4s3)c(Cl)cc2C)O1. The van der Waals surface area contributed by atoms with Crippen molar-refractivity contribution in [3.63, 3.8) is 0 Å². The molecule has 4 aromatic carbocycles. The molecule has 3 nitrogen and oxygen atoms in total. The molecule has 0 bridgehead atoms. The van der Waals surface area contributed by atoms with Gasteiger partial charge in [-0.1, -0.05) is 103 Å². The molecule has 1 aliphatic rings. The Morgan fingerprint density at radius 1 is 0.833 bits per heavy atom. The molecule has 4 atom stereocenters. The molecule has 42 heavy (non-hydrogen) atoms. The molecule has 6 rings (SSSR count). The third-order valence-corrected chi connectivity index (χ3v) is 9.60. The maximum Gasteiger partial charge on any atom is 0.114 e. The Balaban J connectivity index is 1.32. The summed E-state index contributed by atoms with van der Waals surface area (Å²) in [5.41, 5.74) is 5.63. The van der Waals surface area contributed by atoms with E-state index in [2.05, 4.69) is 92.7 Å². The van der Waals surface area contributed by atoms with Crippen LogP contribution in [-0.4, -0.2) is 18.3 Å². The van der Waals surface area contributed by atoms with E-state index in [1.165, 1.54) is 15.0 Å². The van der Waals surface area contributed by atoms with Gasteiger partial charge in [0, 0.05) is 27.4 Å². The van der Waals surface area contributed by atoms with Gasteiger partial charge in [-0.25, -0.2) is 0 Å². The molecule has 0 N–H and O–H groups in total. The molecule has 5 heteroatoms. The van der Waals surface area contributed by atoms with Gasteiger partial charge in [0.05, 0.1) is 25.4 Å². The summed E-state index contributed by atoms with van der Waals surface area (Å²) in [7, 11) is 0. The zero-order valence-corrected chi connectivity index (χ0v) is 25.7. The maximum atomic E-state index is 6.88. The number of ether oxygens (including phenoxy) is 3. The Kier molecular flexibility index (Phi) is 9.38. The summed E-state index contributed by atoms with van der Waals surface area (Å²) in [5.74, 6) is 0. The van der Waals surface area contributed by atoms with Crippen LogP contribution in [0.25, 0.3) is 10.1 Å². The van der Waals surface area contributed by atoms with Crippen LogP contribution in [0.3, 0.4) is 0 Å². The van der Waals surface area contributed by atoms with E-state index in [-0.39, 0.29) is 24.4 Å². The molecule has 1 saturated heterocycles. The zero-order chi connectivity index (χ0) is 28.9. The van der Waals surface area contributed by atoms with E-state index in [0.717, 1.165) is 52.1 Å². The third-order valence-electron chi connectivity index (χ3n) is 8.13. The third kappa shape index (κ3) is 6.80. The molecule has 0 spiro atoms. The van der Waals surface area contributed by atoms with Crippen molar-refractivity contribution in [3.8, 4) is 0 Å². The zero-order valence-electron chi connectivity index (χ0n) is 24.2. The first-order valence-electron chi connectivity index (χ1n) is 14.8. The van der Waals surface area contributed by atoms with Crippen LogP contribution in [0.2, 0.25) is 5.02 Å². The second-order valence-electron chi connectivity index (χ2n) is 11.1. The minimum Gasteiger partial charge on any atom is -0.371 e. The van der Waals surface area contributed by atoms with Crippen molar-refractivity contribution in [2.24, 2.45) is 0 Å². The molecule has 1 fully saturated rings. The first-order chi connectivity index (χ1) is 20.6. The van der Waals surface area contributed by atoms with Crippen molar-refractivity contribution in [1.29, 1.82) is 0 Å². The average Bonchev–Trinajstić information content (AvgIpc) is 3.44. The number of benzene rings is 4. The van der Waals surface area contributed by atoms with Gasteiger partial charge in [0.25, 0.3) is 0 Å². The predicted molar refractivity (Wildman–Crippen MR) is 173 cm³/mol. The first kappa shape index (κ1) is 29.1. The Morgan fingerprint density at radius 2 is 1.50 bits per heavy atom. The number of halogens is 1. The molecule has 1 aromatic heterocycles. The van der Waals surface area contributed by atoms with Crippen molar-refractivity contribution in [2.45, 2.75) is 70.7 Å². The van der Waals surface area contributed by atoms with Crippen molar-refractivity contribution in [1.82, 2.24) is 0 Å². The van der Waals surface area contributed by atoms with Crippen LogP contribution in [0.1, 0.15) is 58.6 Å². The molecule has 216 valence electrons. The maximum absolute atomic E-state index is 6.88. The fraction of sp³-hybridized carbons (Fsp3) is 0.297. The van der Waals surface area contributed by atoms with Crippen LogP contribution in [0.5, 0.6) is 0 Å². The molecular weight excluding hydrogens is 560 g/mol. The highest BCUT2D eigenvalue weighted by atomic mass is 35.5. The van der Waals surface area contributed by atoms with E-state index in [0.29, 0.717) is 13.2 Å². The molecule has 0 saturated carbocycles. The van der Waals surface area contributed by atoms with Gasteiger partial charge >= 0.3 is 0 Å². The summed E-state index contributed by atoms with van der Waals surface area (Å²) in [6.07, 6.45) is 1.90. The Bertz CT molecular complexity index is 1570. The van der Waals surface area contributed by atoms with E-state index in [1.54, 1.807) is 0 Å². The van der Waals surface area contributed by atoms with E-state index in [4.69, 9.17) is 25.8 Å². The van der Waals surface area contributed by atoms with Crippen LogP contribution in [0.15, 0.2) is 103 Å². The summed E-state index contributed by atoms with van der Waals surface area (Å²) >= 11 is 8.70. The highest BCUT2D eigenvalue weighted by Gasteiger charge is 2.41.